The number of benzene rings is 2. The molecular formula is C22H28N4OS. The number of thiophene rings is 1. The Kier molecular flexibility index (Phi) is 6.54. The highest BCUT2D eigenvalue weighted by Gasteiger charge is 2.11. The van der Waals surface area contributed by atoms with E-state index < -0.39 is 0 Å². The lowest BCUT2D eigenvalue weighted by Gasteiger charge is -2.10. The summed E-state index contributed by atoms with van der Waals surface area (Å²) in [4.78, 5) is 0. The van der Waals surface area contributed by atoms with Crippen LogP contribution in [0, 0.1) is 6.92 Å². The minimum atomic E-state index is 0.524. The molecule has 0 saturated heterocycles. The molecule has 0 spiro atoms. The number of nitrogens with one attached hydrogen (secondary N) is 1. The molecule has 0 aliphatic rings. The van der Waals surface area contributed by atoms with Crippen LogP contribution in [-0.4, -0.2) is 5.84 Å². The summed E-state index contributed by atoms with van der Waals surface area (Å²) in [6.07, 6.45) is 1.48. The normalized spacial score (nSPS) is 12.0. The molecule has 0 saturated carbocycles. The van der Waals surface area contributed by atoms with Gasteiger partial charge in [-0.3, -0.25) is 0 Å². The topological polar surface area (TPSA) is 85.7 Å². The Labute approximate surface area is 170 Å². The Morgan fingerprint density at radius 1 is 1.18 bits per heavy atom. The van der Waals surface area contributed by atoms with Crippen molar-refractivity contribution < 1.29 is 4.74 Å². The van der Waals surface area contributed by atoms with Crippen molar-refractivity contribution in [2.75, 3.05) is 0 Å². The zero-order valence-electron chi connectivity index (χ0n) is 16.7. The quantitative estimate of drug-likeness (QED) is 0.236. The van der Waals surface area contributed by atoms with Crippen LogP contribution < -0.4 is 21.8 Å². The fourth-order valence-electron chi connectivity index (χ4n) is 3.29. The highest BCUT2D eigenvalue weighted by atomic mass is 32.1. The van der Waals surface area contributed by atoms with Crippen LogP contribution in [0.3, 0.4) is 0 Å². The largest absolute Gasteiger partial charge is 0.489 e. The molecule has 1 heterocycles. The Morgan fingerprint density at radius 3 is 2.57 bits per heavy atom. The second-order valence-corrected chi connectivity index (χ2v) is 8.17. The van der Waals surface area contributed by atoms with Crippen molar-refractivity contribution in [3.05, 3.63) is 64.0 Å². The van der Waals surface area contributed by atoms with Gasteiger partial charge in [-0.1, -0.05) is 32.0 Å². The molecule has 5 nitrogen and oxygen atoms in total. The Balaban J connectivity index is 1.66. The van der Waals surface area contributed by atoms with Crippen LogP contribution in [0.2, 0.25) is 0 Å². The highest BCUT2D eigenvalue weighted by molar-refractivity contribution is 7.17. The number of ether oxygens (including phenoxy) is 1. The molecule has 1 aromatic heterocycles. The van der Waals surface area contributed by atoms with Gasteiger partial charge in [-0.15, -0.1) is 11.3 Å². The van der Waals surface area contributed by atoms with E-state index in [9.17, 15) is 0 Å². The summed E-state index contributed by atoms with van der Waals surface area (Å²) in [6.45, 7) is 7.22. The molecule has 0 fully saturated rings. The first-order chi connectivity index (χ1) is 13.5. The first-order valence-corrected chi connectivity index (χ1v) is 10.4. The Bertz CT molecular complexity index is 961. The van der Waals surface area contributed by atoms with Crippen LogP contribution in [0.25, 0.3) is 10.1 Å². The van der Waals surface area contributed by atoms with Gasteiger partial charge >= 0.3 is 0 Å². The summed E-state index contributed by atoms with van der Waals surface area (Å²) in [5.74, 6) is 12.6. The molecule has 3 rings (SSSR count). The number of hydrogen-bond acceptors (Lipinski definition) is 5. The van der Waals surface area contributed by atoms with Crippen molar-refractivity contribution in [3.8, 4) is 5.75 Å². The molecule has 28 heavy (non-hydrogen) atoms. The number of aryl methyl sites for hydroxylation is 2. The van der Waals surface area contributed by atoms with Crippen LogP contribution in [0.1, 0.15) is 48.4 Å². The number of nitrogens with two attached hydrogens (primary N) is 2. The summed E-state index contributed by atoms with van der Waals surface area (Å²) in [7, 11) is 0. The van der Waals surface area contributed by atoms with Crippen LogP contribution >= 0.6 is 11.3 Å². The number of nitrogens with zero attached hydrogens (tertiary/aromatic N) is 1. The summed E-state index contributed by atoms with van der Waals surface area (Å²) in [5, 5.41) is 7.25. The zero-order valence-corrected chi connectivity index (χ0v) is 17.5. The van der Waals surface area contributed by atoms with Crippen molar-refractivity contribution in [1.29, 1.82) is 0 Å². The lowest BCUT2D eigenvalue weighted by atomic mass is 9.99. The molecule has 0 radical (unpaired) electrons. The monoisotopic (exact) mass is 396 g/mol. The number of rotatable bonds is 7. The molecule has 0 aliphatic heterocycles. The maximum absolute atomic E-state index is 6.02. The lowest BCUT2D eigenvalue weighted by molar-refractivity contribution is 0.306. The first kappa shape index (κ1) is 20.2. The summed E-state index contributed by atoms with van der Waals surface area (Å²) >= 11 is 1.83. The standard InChI is InChI=1S/C22H28N4OS/c1-14(2)20-13-28-22-15(3)10-17(11-19(20)22)12-27-18-7-4-16(5-8-18)6-9-21(25-23)26-24/h4-5,7-8,10-11,13-14H,6,9,12,23-24H2,1-3H3,(H,25,26). The number of hydrazine groups is 1. The van der Waals surface area contributed by atoms with Gasteiger partial charge in [0, 0.05) is 11.1 Å². The van der Waals surface area contributed by atoms with E-state index in [0.29, 0.717) is 24.8 Å². The number of hydrogen-bond donors (Lipinski definition) is 3. The van der Waals surface area contributed by atoms with Gasteiger partial charge in [-0.05, 0) is 70.5 Å². The molecule has 3 aromatic rings. The summed E-state index contributed by atoms with van der Waals surface area (Å²) in [5.41, 5.74) is 7.61. The molecule has 0 bridgehead atoms. The average molecular weight is 397 g/mol. The van der Waals surface area contributed by atoms with Crippen molar-refractivity contribution >= 4 is 27.3 Å². The predicted molar refractivity (Wildman–Crippen MR) is 119 cm³/mol. The van der Waals surface area contributed by atoms with Crippen molar-refractivity contribution in [2.45, 2.75) is 46.1 Å². The van der Waals surface area contributed by atoms with Gasteiger partial charge in [0.25, 0.3) is 0 Å². The minimum Gasteiger partial charge on any atom is -0.489 e. The van der Waals surface area contributed by atoms with Crippen molar-refractivity contribution in [2.24, 2.45) is 16.8 Å². The van der Waals surface area contributed by atoms with E-state index in [1.54, 1.807) is 0 Å². The smallest absolute Gasteiger partial charge is 0.136 e. The average Bonchev–Trinajstić information content (AvgIpc) is 3.13. The van der Waals surface area contributed by atoms with E-state index in [0.717, 1.165) is 12.2 Å². The van der Waals surface area contributed by atoms with E-state index in [-0.39, 0.29) is 0 Å². The molecule has 0 atom stereocenters. The maximum atomic E-state index is 6.02. The van der Waals surface area contributed by atoms with Gasteiger partial charge in [0.1, 0.15) is 18.2 Å². The van der Waals surface area contributed by atoms with Gasteiger partial charge in [-0.2, -0.15) is 5.10 Å². The van der Waals surface area contributed by atoms with Crippen LogP contribution in [0.15, 0.2) is 46.9 Å². The summed E-state index contributed by atoms with van der Waals surface area (Å²) < 4.78 is 7.40. The fourth-order valence-corrected chi connectivity index (χ4v) is 4.48. The van der Waals surface area contributed by atoms with Gasteiger partial charge in [0.2, 0.25) is 0 Å². The van der Waals surface area contributed by atoms with Crippen LogP contribution in [-0.2, 0) is 13.0 Å². The molecule has 0 amide bonds. The van der Waals surface area contributed by atoms with Crippen molar-refractivity contribution in [1.82, 2.24) is 5.43 Å². The number of fused-ring (bicyclic) bond motifs is 1. The second kappa shape index (κ2) is 9.08. The first-order valence-electron chi connectivity index (χ1n) is 9.47. The third-order valence-corrected chi connectivity index (χ3v) is 6.02. The van der Waals surface area contributed by atoms with Gasteiger partial charge in [-0.25, -0.2) is 5.84 Å². The van der Waals surface area contributed by atoms with E-state index in [1.165, 1.54) is 32.3 Å². The van der Waals surface area contributed by atoms with Crippen molar-refractivity contribution in [3.63, 3.8) is 0 Å². The zero-order chi connectivity index (χ0) is 20.1. The van der Waals surface area contributed by atoms with E-state index in [2.05, 4.69) is 60.9 Å². The van der Waals surface area contributed by atoms with E-state index in [1.807, 2.05) is 23.5 Å². The molecule has 0 unspecified atom stereocenters. The van der Waals surface area contributed by atoms with Crippen LogP contribution in [0.4, 0.5) is 0 Å². The molecule has 2 aromatic carbocycles. The molecule has 6 heteroatoms. The Morgan fingerprint density at radius 2 is 1.93 bits per heavy atom. The number of hydrazone groups is 1. The number of amidine groups is 1. The predicted octanol–water partition coefficient (Wildman–Crippen LogP) is 4.58. The van der Waals surface area contributed by atoms with Gasteiger partial charge < -0.3 is 16.0 Å². The minimum absolute atomic E-state index is 0.524. The van der Waals surface area contributed by atoms with E-state index >= 15 is 0 Å². The molecule has 0 aliphatic carbocycles. The SMILES string of the molecule is Cc1cc(COc2ccc(CC/C(=N/N)NN)cc2)cc2c(C(C)C)csc12. The molecular weight excluding hydrogens is 368 g/mol. The van der Waals surface area contributed by atoms with E-state index in [4.69, 9.17) is 16.4 Å². The fraction of sp³-hybridized carbons (Fsp3) is 0.318. The lowest BCUT2D eigenvalue weighted by Crippen LogP contribution is -2.31. The summed E-state index contributed by atoms with van der Waals surface area (Å²) in [6, 6.07) is 12.6. The third-order valence-electron chi connectivity index (χ3n) is 4.87. The van der Waals surface area contributed by atoms with Crippen LogP contribution in [0.5, 0.6) is 5.75 Å². The van der Waals surface area contributed by atoms with Gasteiger partial charge in [0.05, 0.1) is 0 Å². The molecule has 5 N–H and O–H groups in total. The maximum Gasteiger partial charge on any atom is 0.136 e. The van der Waals surface area contributed by atoms with Gasteiger partial charge in [0.15, 0.2) is 0 Å². The Hall–Kier alpha value is -2.57. The molecule has 148 valence electrons. The third kappa shape index (κ3) is 4.64. The second-order valence-electron chi connectivity index (χ2n) is 7.29. The highest BCUT2D eigenvalue weighted by Crippen LogP contribution is 2.34.